The molecule has 302 valence electrons. The number of aldehydes is 1. The van der Waals surface area contributed by atoms with E-state index in [4.69, 9.17) is 16.2 Å². The molecule has 0 spiro atoms. The minimum absolute atomic E-state index is 0.00930. The fourth-order valence-corrected chi connectivity index (χ4v) is 6.00. The van der Waals surface area contributed by atoms with Crippen molar-refractivity contribution in [2.24, 2.45) is 0 Å². The molecule has 0 aliphatic rings. The third-order valence-electron chi connectivity index (χ3n) is 8.91. The largest absolute Gasteiger partial charge is 0.488 e. The smallest absolute Gasteiger partial charge is 0.458 e. The molecule has 0 saturated heterocycles. The van der Waals surface area contributed by atoms with Gasteiger partial charge in [-0.25, -0.2) is 14.8 Å². The van der Waals surface area contributed by atoms with Crippen molar-refractivity contribution in [3.8, 4) is 0 Å². The van der Waals surface area contributed by atoms with Crippen LogP contribution in [-0.4, -0.2) is 86.4 Å². The van der Waals surface area contributed by atoms with Crippen molar-refractivity contribution in [3.63, 3.8) is 0 Å². The number of benzene rings is 3. The van der Waals surface area contributed by atoms with Crippen LogP contribution in [0.5, 0.6) is 0 Å². The minimum atomic E-state index is -1.70. The summed E-state index contributed by atoms with van der Waals surface area (Å²) in [5.74, 6) is -1.38. The molecule has 0 fully saturated rings. The highest BCUT2D eigenvalue weighted by molar-refractivity contribution is 6.59. The monoisotopic (exact) mass is 790 g/mol. The Morgan fingerprint density at radius 2 is 1.74 bits per heavy atom. The number of fused-ring (bicyclic) bond motifs is 1. The Morgan fingerprint density at radius 3 is 2.45 bits per heavy atom. The Morgan fingerprint density at radius 1 is 1.00 bits per heavy atom. The quantitative estimate of drug-likeness (QED) is 0.0403. The normalized spacial score (nSPS) is 11.7. The molecule has 18 heteroatoms. The second kappa shape index (κ2) is 19.0. The van der Waals surface area contributed by atoms with E-state index in [1.54, 1.807) is 93.7 Å². The average Bonchev–Trinajstić information content (AvgIpc) is 3.18. The van der Waals surface area contributed by atoms with Gasteiger partial charge >= 0.3 is 13.1 Å². The van der Waals surface area contributed by atoms with E-state index in [0.29, 0.717) is 57.7 Å². The zero-order chi connectivity index (χ0) is 42.0. The van der Waals surface area contributed by atoms with Crippen molar-refractivity contribution >= 4 is 71.0 Å². The summed E-state index contributed by atoms with van der Waals surface area (Å²) < 4.78 is 5.57. The van der Waals surface area contributed by atoms with Gasteiger partial charge in [0.25, 0.3) is 5.91 Å². The van der Waals surface area contributed by atoms with Crippen molar-refractivity contribution in [2.75, 3.05) is 35.3 Å². The maximum absolute atomic E-state index is 13.4. The molecule has 17 nitrogen and oxygen atoms in total. The third-order valence-corrected chi connectivity index (χ3v) is 8.91. The molecule has 5 aromatic rings. The molecule has 0 aliphatic heterocycles. The summed E-state index contributed by atoms with van der Waals surface area (Å²) in [5.41, 5.74) is 15.9. The SMILES string of the molecule is CN(Cc1cnc2nc(N)nc(N)c2n1)c1ccc(C(=O)NC(CCC(=O)NCCc2ccc(B(O)O)c(CNc3ccccc3C=O)c2)C(=O)OC(C)(C)C)cc1. The Bertz CT molecular complexity index is 2270. The lowest BCUT2D eigenvalue weighted by Crippen LogP contribution is -2.45. The number of amides is 2. The first-order chi connectivity index (χ1) is 27.6. The summed E-state index contributed by atoms with van der Waals surface area (Å²) in [6.07, 6.45) is 2.66. The number of esters is 1. The fourth-order valence-electron chi connectivity index (χ4n) is 6.00. The number of ether oxygens (including phenoxy) is 1. The van der Waals surface area contributed by atoms with Crippen LogP contribution in [0, 0.1) is 0 Å². The van der Waals surface area contributed by atoms with Crippen LogP contribution in [0.2, 0.25) is 0 Å². The van der Waals surface area contributed by atoms with Gasteiger partial charge in [0, 0.05) is 49.1 Å². The Balaban J connectivity index is 1.16. The van der Waals surface area contributed by atoms with Crippen LogP contribution in [-0.2, 0) is 33.8 Å². The molecule has 1 unspecified atom stereocenters. The number of anilines is 4. The van der Waals surface area contributed by atoms with E-state index in [2.05, 4.69) is 35.9 Å². The van der Waals surface area contributed by atoms with Gasteiger partial charge in [-0.15, -0.1) is 0 Å². The van der Waals surface area contributed by atoms with E-state index in [9.17, 15) is 29.2 Å². The van der Waals surface area contributed by atoms with E-state index in [-0.39, 0.29) is 43.6 Å². The summed E-state index contributed by atoms with van der Waals surface area (Å²) in [5, 5.41) is 28.6. The number of nitrogens with zero attached hydrogens (tertiary/aromatic N) is 5. The number of nitrogens with two attached hydrogens (primary N) is 2. The van der Waals surface area contributed by atoms with Crippen LogP contribution < -0.4 is 37.8 Å². The maximum Gasteiger partial charge on any atom is 0.488 e. The van der Waals surface area contributed by atoms with E-state index >= 15 is 0 Å². The lowest BCUT2D eigenvalue weighted by Gasteiger charge is -2.24. The lowest BCUT2D eigenvalue weighted by atomic mass is 9.76. The van der Waals surface area contributed by atoms with Gasteiger partial charge in [-0.1, -0.05) is 30.3 Å². The molecule has 0 saturated carbocycles. The van der Waals surface area contributed by atoms with Crippen molar-refractivity contribution in [1.29, 1.82) is 0 Å². The van der Waals surface area contributed by atoms with Crippen LogP contribution in [0.25, 0.3) is 11.2 Å². The van der Waals surface area contributed by atoms with Gasteiger partial charge in [-0.2, -0.15) is 9.97 Å². The Kier molecular flexibility index (Phi) is 13.9. The lowest BCUT2D eigenvalue weighted by molar-refractivity contribution is -0.157. The summed E-state index contributed by atoms with van der Waals surface area (Å²) in [4.78, 5) is 69.6. The van der Waals surface area contributed by atoms with Crippen molar-refractivity contribution in [3.05, 3.63) is 101 Å². The molecular weight excluding hydrogens is 743 g/mol. The number of carbonyl (C=O) groups is 4. The highest BCUT2D eigenvalue weighted by Gasteiger charge is 2.28. The summed E-state index contributed by atoms with van der Waals surface area (Å²) >= 11 is 0. The number of aromatic nitrogens is 4. The number of rotatable bonds is 17. The molecule has 1 atom stereocenters. The first kappa shape index (κ1) is 42.5. The van der Waals surface area contributed by atoms with Crippen molar-refractivity contribution in [2.45, 2.75) is 64.8 Å². The molecular formula is C40H47BN10O7. The standard InChI is InChI=1S/C40H47BN10O7/c1-40(2,3)58-38(55)32(48-37(54)25-10-12-29(13-11-25)51(4)22-28-21-46-36-34(47-28)35(42)49-39(43)50-36)15-16-33(53)44-18-17-24-9-14-30(41(56)57)27(19-24)20-45-31-8-6-5-7-26(31)23-52/h5-14,19,21,23,32,45,56-57H,15-18,20,22H2,1-4H3,(H,44,53)(H,48,54)(H4,42,43,46,49,50). The van der Waals surface area contributed by atoms with E-state index in [0.717, 1.165) is 17.5 Å². The molecule has 9 N–H and O–H groups in total. The Hall–Kier alpha value is -6.66. The molecule has 2 aromatic heterocycles. The topological polar surface area (TPSA) is 261 Å². The number of para-hydroxylation sites is 1. The predicted octanol–water partition coefficient (Wildman–Crippen LogP) is 1.90. The number of nitrogens with one attached hydrogen (secondary N) is 3. The summed E-state index contributed by atoms with van der Waals surface area (Å²) in [6, 6.07) is 17.8. The second-order valence-electron chi connectivity index (χ2n) is 14.6. The summed E-state index contributed by atoms with van der Waals surface area (Å²) in [7, 11) is 0.146. The molecule has 5 rings (SSSR count). The van der Waals surface area contributed by atoms with Gasteiger partial charge in [0.15, 0.2) is 23.3 Å². The molecule has 0 bridgehead atoms. The van der Waals surface area contributed by atoms with Gasteiger partial charge in [0.2, 0.25) is 11.9 Å². The van der Waals surface area contributed by atoms with Gasteiger partial charge < -0.3 is 47.1 Å². The molecule has 0 radical (unpaired) electrons. The number of nitrogen functional groups attached to an aromatic ring is 2. The minimum Gasteiger partial charge on any atom is -0.458 e. The molecule has 3 aromatic carbocycles. The number of hydrogen-bond donors (Lipinski definition) is 7. The predicted molar refractivity (Wildman–Crippen MR) is 221 cm³/mol. The highest BCUT2D eigenvalue weighted by Crippen LogP contribution is 2.20. The first-order valence-electron chi connectivity index (χ1n) is 18.5. The zero-order valence-electron chi connectivity index (χ0n) is 32.7. The third kappa shape index (κ3) is 11.7. The van der Waals surface area contributed by atoms with Crippen LogP contribution in [0.3, 0.4) is 0 Å². The first-order valence-corrected chi connectivity index (χ1v) is 18.5. The fraction of sp³-hybridized carbons (Fsp3) is 0.300. The molecule has 58 heavy (non-hydrogen) atoms. The number of carbonyl (C=O) groups excluding carboxylic acids is 4. The van der Waals surface area contributed by atoms with Crippen molar-refractivity contribution < 1.29 is 34.0 Å². The summed E-state index contributed by atoms with van der Waals surface area (Å²) in [6.45, 7) is 5.99. The van der Waals surface area contributed by atoms with Crippen LogP contribution >= 0.6 is 0 Å². The van der Waals surface area contributed by atoms with E-state index < -0.39 is 30.6 Å². The second-order valence-corrected chi connectivity index (χ2v) is 14.6. The van der Waals surface area contributed by atoms with Crippen LogP contribution in [0.1, 0.15) is 71.1 Å². The highest BCUT2D eigenvalue weighted by atomic mass is 16.6. The Labute approximate surface area is 335 Å². The van der Waals surface area contributed by atoms with E-state index in [1.165, 1.54) is 0 Å². The van der Waals surface area contributed by atoms with Gasteiger partial charge in [0.1, 0.15) is 11.6 Å². The van der Waals surface area contributed by atoms with Crippen LogP contribution in [0.15, 0.2) is 72.9 Å². The number of hydrogen-bond acceptors (Lipinski definition) is 15. The molecule has 2 heterocycles. The van der Waals surface area contributed by atoms with Gasteiger partial charge in [-0.05, 0) is 86.6 Å². The van der Waals surface area contributed by atoms with Gasteiger partial charge in [0.05, 0.1) is 18.4 Å². The van der Waals surface area contributed by atoms with E-state index in [1.807, 2.05) is 11.9 Å². The van der Waals surface area contributed by atoms with Gasteiger partial charge in [-0.3, -0.25) is 14.4 Å². The van der Waals surface area contributed by atoms with Crippen molar-refractivity contribution in [1.82, 2.24) is 30.6 Å². The van der Waals surface area contributed by atoms with Crippen LogP contribution in [0.4, 0.5) is 23.1 Å². The zero-order valence-corrected chi connectivity index (χ0v) is 32.7. The molecule has 2 amide bonds. The molecule has 0 aliphatic carbocycles. The average molecular weight is 791 g/mol. The maximum atomic E-state index is 13.4.